The number of benzene rings is 1. The van der Waals surface area contributed by atoms with Gasteiger partial charge in [-0.25, -0.2) is 13.6 Å². The van der Waals surface area contributed by atoms with E-state index in [1.165, 1.54) is 0 Å². The molecule has 0 bridgehead atoms. The van der Waals surface area contributed by atoms with Gasteiger partial charge in [-0.1, -0.05) is 12.1 Å². The van der Waals surface area contributed by atoms with Crippen molar-refractivity contribution in [3.05, 3.63) is 33.4 Å². The van der Waals surface area contributed by atoms with Crippen LogP contribution < -0.4 is 5.14 Å². The summed E-state index contributed by atoms with van der Waals surface area (Å²) in [6.07, 6.45) is 1.19. The van der Waals surface area contributed by atoms with Gasteiger partial charge >= 0.3 is 0 Å². The molecule has 0 spiro atoms. The van der Waals surface area contributed by atoms with Crippen LogP contribution in [0.15, 0.2) is 24.3 Å². The smallest absolute Gasteiger partial charge is 0.254 e. The van der Waals surface area contributed by atoms with Crippen LogP contribution in [0.1, 0.15) is 23.2 Å². The number of sulfonamides is 1. The Labute approximate surface area is 126 Å². The number of primary sulfonamides is 1. The van der Waals surface area contributed by atoms with E-state index in [9.17, 15) is 13.2 Å². The van der Waals surface area contributed by atoms with E-state index in [0.717, 1.165) is 3.57 Å². The first-order valence-corrected chi connectivity index (χ1v) is 8.64. The zero-order valence-electron chi connectivity index (χ0n) is 10.3. The number of hydrogen-bond donors (Lipinski definition) is 1. The fraction of sp³-hybridized carbons (Fsp3) is 0.417. The first-order chi connectivity index (χ1) is 8.89. The van der Waals surface area contributed by atoms with Gasteiger partial charge in [0.2, 0.25) is 10.0 Å². The number of hydrogen-bond acceptors (Lipinski definition) is 3. The van der Waals surface area contributed by atoms with Crippen molar-refractivity contribution < 1.29 is 13.2 Å². The molecule has 0 saturated carbocycles. The highest BCUT2D eigenvalue weighted by molar-refractivity contribution is 14.1. The third-order valence-corrected chi connectivity index (χ3v) is 5.49. The molecule has 2 N–H and O–H groups in total. The van der Waals surface area contributed by atoms with Gasteiger partial charge < -0.3 is 4.90 Å². The van der Waals surface area contributed by atoms with E-state index in [1.54, 1.807) is 17.0 Å². The molecule has 1 fully saturated rings. The van der Waals surface area contributed by atoms with Crippen LogP contribution in [-0.2, 0) is 10.0 Å². The number of amides is 1. The summed E-state index contributed by atoms with van der Waals surface area (Å²) < 4.78 is 23.7. The second kappa shape index (κ2) is 5.76. The molecule has 1 heterocycles. The van der Waals surface area contributed by atoms with Crippen molar-refractivity contribution in [1.29, 1.82) is 0 Å². The van der Waals surface area contributed by atoms with E-state index < -0.39 is 15.3 Å². The van der Waals surface area contributed by atoms with Crippen molar-refractivity contribution in [3.63, 3.8) is 0 Å². The third-order valence-electron chi connectivity index (χ3n) is 3.23. The van der Waals surface area contributed by atoms with Crippen LogP contribution in [0, 0.1) is 3.57 Å². The minimum absolute atomic E-state index is 0.127. The van der Waals surface area contributed by atoms with Crippen LogP contribution in [0.4, 0.5) is 0 Å². The molecule has 1 aromatic carbocycles. The maximum absolute atomic E-state index is 12.4. The second-order valence-corrected chi connectivity index (χ2v) is 7.59. The molecule has 0 aromatic heterocycles. The Morgan fingerprint density at radius 1 is 1.37 bits per heavy atom. The van der Waals surface area contributed by atoms with E-state index in [1.807, 2.05) is 12.1 Å². The minimum atomic E-state index is -3.58. The highest BCUT2D eigenvalue weighted by Crippen LogP contribution is 2.20. The first kappa shape index (κ1) is 14.7. The Kier molecular flexibility index (Phi) is 4.46. The molecule has 1 aromatic rings. The van der Waals surface area contributed by atoms with Crippen molar-refractivity contribution in [2.75, 3.05) is 13.1 Å². The zero-order chi connectivity index (χ0) is 14.0. The van der Waals surface area contributed by atoms with Crippen molar-refractivity contribution in [2.45, 2.75) is 18.1 Å². The van der Waals surface area contributed by atoms with E-state index >= 15 is 0 Å². The summed E-state index contributed by atoms with van der Waals surface area (Å²) in [6, 6.07) is 7.28. The minimum Gasteiger partial charge on any atom is -0.337 e. The molecular formula is C12H15IN2O3S. The standard InChI is InChI=1S/C12H15IN2O3S/c13-11-6-2-1-5-10(11)12(16)15-7-3-4-9(8-15)19(14,17)18/h1-2,5-6,9H,3-4,7-8H2,(H2,14,17,18). The van der Waals surface area contributed by atoms with E-state index in [0.29, 0.717) is 24.9 Å². The lowest BCUT2D eigenvalue weighted by atomic mass is 10.1. The third kappa shape index (κ3) is 3.46. The Hall–Kier alpha value is -0.670. The molecule has 7 heteroatoms. The number of halogens is 1. The molecule has 1 unspecified atom stereocenters. The Morgan fingerprint density at radius 2 is 2.05 bits per heavy atom. The van der Waals surface area contributed by atoms with Crippen LogP contribution in [-0.4, -0.2) is 37.6 Å². The quantitative estimate of drug-likeness (QED) is 0.766. The molecule has 19 heavy (non-hydrogen) atoms. The molecule has 0 radical (unpaired) electrons. The van der Waals surface area contributed by atoms with Crippen LogP contribution in [0.5, 0.6) is 0 Å². The Balaban J connectivity index is 2.19. The molecule has 1 aliphatic heterocycles. The first-order valence-electron chi connectivity index (χ1n) is 5.95. The van der Waals surface area contributed by atoms with Crippen molar-refractivity contribution in [3.8, 4) is 0 Å². The number of piperidine rings is 1. The van der Waals surface area contributed by atoms with Gasteiger partial charge in [0.25, 0.3) is 5.91 Å². The van der Waals surface area contributed by atoms with E-state index in [-0.39, 0.29) is 12.5 Å². The maximum Gasteiger partial charge on any atom is 0.254 e. The van der Waals surface area contributed by atoms with Gasteiger partial charge in [0.05, 0.1) is 10.8 Å². The predicted octanol–water partition coefficient (Wildman–Crippen LogP) is 1.18. The molecule has 1 amide bonds. The second-order valence-electron chi connectivity index (χ2n) is 4.58. The summed E-state index contributed by atoms with van der Waals surface area (Å²) in [6.45, 7) is 0.762. The van der Waals surface area contributed by atoms with Gasteiger partial charge in [0, 0.05) is 16.7 Å². The molecule has 1 aliphatic rings. The van der Waals surface area contributed by atoms with Crippen molar-refractivity contribution in [1.82, 2.24) is 4.90 Å². The number of likely N-dealkylation sites (tertiary alicyclic amines) is 1. The normalized spacial score (nSPS) is 20.3. The van der Waals surface area contributed by atoms with Gasteiger partial charge in [-0.3, -0.25) is 4.79 Å². The maximum atomic E-state index is 12.4. The van der Waals surface area contributed by atoms with Crippen molar-refractivity contribution in [2.24, 2.45) is 5.14 Å². The van der Waals surface area contributed by atoms with Gasteiger partial charge in [-0.05, 0) is 47.6 Å². The summed E-state index contributed by atoms with van der Waals surface area (Å²) in [7, 11) is -3.58. The van der Waals surface area contributed by atoms with Gasteiger partial charge in [0.15, 0.2) is 0 Å². The SMILES string of the molecule is NS(=O)(=O)C1CCCN(C(=O)c2ccccc2I)C1. The Bertz CT molecular complexity index is 588. The molecule has 0 aliphatic carbocycles. The largest absolute Gasteiger partial charge is 0.337 e. The predicted molar refractivity (Wildman–Crippen MR) is 81.2 cm³/mol. The summed E-state index contributed by atoms with van der Waals surface area (Å²) in [5.74, 6) is -0.127. The number of rotatable bonds is 2. The number of carbonyl (C=O) groups is 1. The van der Waals surface area contributed by atoms with E-state index in [2.05, 4.69) is 22.6 Å². The average molecular weight is 394 g/mol. The molecular weight excluding hydrogens is 379 g/mol. The summed E-state index contributed by atoms with van der Waals surface area (Å²) in [4.78, 5) is 14.0. The zero-order valence-corrected chi connectivity index (χ0v) is 13.2. The van der Waals surface area contributed by atoms with Gasteiger partial charge in [-0.2, -0.15) is 0 Å². The van der Waals surface area contributed by atoms with Gasteiger partial charge in [-0.15, -0.1) is 0 Å². The lowest BCUT2D eigenvalue weighted by molar-refractivity contribution is 0.0726. The Morgan fingerprint density at radius 3 is 2.68 bits per heavy atom. The summed E-state index contributed by atoms with van der Waals surface area (Å²) >= 11 is 2.10. The number of carbonyl (C=O) groups excluding carboxylic acids is 1. The fourth-order valence-electron chi connectivity index (χ4n) is 2.20. The topological polar surface area (TPSA) is 80.5 Å². The average Bonchev–Trinajstić information content (AvgIpc) is 2.38. The molecule has 5 nitrogen and oxygen atoms in total. The molecule has 104 valence electrons. The summed E-state index contributed by atoms with van der Waals surface area (Å²) in [5, 5.41) is 4.53. The number of nitrogens with zero attached hydrogens (tertiary/aromatic N) is 1. The fourth-order valence-corrected chi connectivity index (χ4v) is 3.70. The lowest BCUT2D eigenvalue weighted by Crippen LogP contribution is -2.47. The lowest BCUT2D eigenvalue weighted by Gasteiger charge is -2.31. The van der Waals surface area contributed by atoms with Crippen molar-refractivity contribution >= 4 is 38.5 Å². The molecule has 1 atom stereocenters. The molecule has 2 rings (SSSR count). The van der Waals surface area contributed by atoms with Crippen LogP contribution >= 0.6 is 22.6 Å². The molecule has 1 saturated heterocycles. The summed E-state index contributed by atoms with van der Waals surface area (Å²) in [5.41, 5.74) is 0.609. The number of nitrogens with two attached hydrogens (primary N) is 1. The van der Waals surface area contributed by atoms with Crippen LogP contribution in [0.2, 0.25) is 0 Å². The van der Waals surface area contributed by atoms with Crippen LogP contribution in [0.25, 0.3) is 0 Å². The monoisotopic (exact) mass is 394 g/mol. The highest BCUT2D eigenvalue weighted by Gasteiger charge is 2.31. The van der Waals surface area contributed by atoms with Gasteiger partial charge in [0.1, 0.15) is 0 Å². The van der Waals surface area contributed by atoms with Crippen LogP contribution in [0.3, 0.4) is 0 Å². The highest BCUT2D eigenvalue weighted by atomic mass is 127. The van der Waals surface area contributed by atoms with E-state index in [4.69, 9.17) is 5.14 Å².